The highest BCUT2D eigenvalue weighted by atomic mass is 16.5. The van der Waals surface area contributed by atoms with Crippen LogP contribution in [0.25, 0.3) is 0 Å². The molecule has 2 rings (SSSR count). The molecule has 7 heteroatoms. The number of ether oxygens (including phenoxy) is 1. The highest BCUT2D eigenvalue weighted by molar-refractivity contribution is 5.61. The molecule has 3 N–H and O–H groups in total. The van der Waals surface area contributed by atoms with Gasteiger partial charge in [0.1, 0.15) is 12.2 Å². The van der Waals surface area contributed by atoms with Crippen LogP contribution in [0.3, 0.4) is 0 Å². The minimum atomic E-state index is 0.533. The SMILES string of the molecule is COc1ccc(N)c(NCCc2nncn2C)n1. The normalized spacial score (nSPS) is 10.3. The third-order valence-corrected chi connectivity index (χ3v) is 2.56. The Morgan fingerprint density at radius 3 is 2.94 bits per heavy atom. The van der Waals surface area contributed by atoms with Crippen molar-refractivity contribution in [2.45, 2.75) is 6.42 Å². The molecule has 0 aliphatic rings. The van der Waals surface area contributed by atoms with Gasteiger partial charge in [0, 0.05) is 26.1 Å². The summed E-state index contributed by atoms with van der Waals surface area (Å²) in [6.07, 6.45) is 2.42. The summed E-state index contributed by atoms with van der Waals surface area (Å²) in [6.45, 7) is 0.677. The molecule has 2 aromatic rings. The van der Waals surface area contributed by atoms with Crippen LogP contribution in [0.1, 0.15) is 5.82 Å². The Morgan fingerprint density at radius 2 is 2.28 bits per heavy atom. The summed E-state index contributed by atoms with van der Waals surface area (Å²) < 4.78 is 6.93. The predicted octanol–water partition coefficient (Wildman–Crippen LogP) is 0.455. The first-order chi connectivity index (χ1) is 8.70. The zero-order valence-corrected chi connectivity index (χ0v) is 10.4. The standard InChI is InChI=1S/C11H16N6O/c1-17-7-14-16-9(17)5-6-13-11-8(12)3-4-10(15-11)18-2/h3-4,7H,5-6,12H2,1-2H3,(H,13,15). The number of anilines is 2. The molecule has 0 spiro atoms. The van der Waals surface area contributed by atoms with Gasteiger partial charge in [0.2, 0.25) is 5.88 Å². The van der Waals surface area contributed by atoms with E-state index in [2.05, 4.69) is 20.5 Å². The van der Waals surface area contributed by atoms with E-state index in [1.165, 1.54) is 0 Å². The van der Waals surface area contributed by atoms with E-state index in [0.29, 0.717) is 23.9 Å². The molecule has 0 radical (unpaired) electrons. The number of hydrogen-bond donors (Lipinski definition) is 2. The first kappa shape index (κ1) is 12.2. The maximum Gasteiger partial charge on any atom is 0.215 e. The molecular weight excluding hydrogens is 232 g/mol. The molecule has 0 fully saturated rings. The smallest absolute Gasteiger partial charge is 0.215 e. The largest absolute Gasteiger partial charge is 0.481 e. The van der Waals surface area contributed by atoms with Gasteiger partial charge in [-0.3, -0.25) is 0 Å². The van der Waals surface area contributed by atoms with Crippen molar-refractivity contribution in [1.29, 1.82) is 0 Å². The summed E-state index contributed by atoms with van der Waals surface area (Å²) in [4.78, 5) is 4.23. The summed E-state index contributed by atoms with van der Waals surface area (Å²) >= 11 is 0. The fourth-order valence-electron chi connectivity index (χ4n) is 1.53. The van der Waals surface area contributed by atoms with Crippen molar-refractivity contribution >= 4 is 11.5 Å². The number of aromatic nitrogens is 4. The van der Waals surface area contributed by atoms with Gasteiger partial charge in [-0.1, -0.05) is 0 Å². The van der Waals surface area contributed by atoms with Crippen molar-refractivity contribution in [1.82, 2.24) is 19.7 Å². The molecule has 18 heavy (non-hydrogen) atoms. The highest BCUT2D eigenvalue weighted by Crippen LogP contribution is 2.19. The van der Waals surface area contributed by atoms with Gasteiger partial charge in [-0.25, -0.2) is 0 Å². The maximum absolute atomic E-state index is 5.82. The zero-order valence-electron chi connectivity index (χ0n) is 10.4. The van der Waals surface area contributed by atoms with Crippen molar-refractivity contribution in [3.8, 4) is 5.88 Å². The Balaban J connectivity index is 1.96. The predicted molar refractivity (Wildman–Crippen MR) is 68.4 cm³/mol. The van der Waals surface area contributed by atoms with Crippen molar-refractivity contribution in [3.05, 3.63) is 24.3 Å². The number of nitrogens with zero attached hydrogens (tertiary/aromatic N) is 4. The van der Waals surface area contributed by atoms with E-state index < -0.39 is 0 Å². The van der Waals surface area contributed by atoms with Gasteiger partial charge in [-0.15, -0.1) is 10.2 Å². The number of methoxy groups -OCH3 is 1. The zero-order chi connectivity index (χ0) is 13.0. The van der Waals surface area contributed by atoms with Gasteiger partial charge in [0.05, 0.1) is 12.8 Å². The average molecular weight is 248 g/mol. The van der Waals surface area contributed by atoms with Gasteiger partial charge >= 0.3 is 0 Å². The second-order valence-corrected chi connectivity index (χ2v) is 3.83. The number of nitrogens with one attached hydrogen (secondary N) is 1. The molecule has 0 saturated heterocycles. The van der Waals surface area contributed by atoms with Crippen molar-refractivity contribution in [2.75, 3.05) is 24.7 Å². The Kier molecular flexibility index (Phi) is 3.61. The Bertz CT molecular complexity index is 524. The quantitative estimate of drug-likeness (QED) is 0.798. The molecule has 0 amide bonds. The van der Waals surface area contributed by atoms with E-state index in [0.717, 1.165) is 12.2 Å². The maximum atomic E-state index is 5.82. The van der Waals surface area contributed by atoms with E-state index in [-0.39, 0.29) is 0 Å². The van der Waals surface area contributed by atoms with E-state index in [1.807, 2.05) is 11.6 Å². The molecule has 7 nitrogen and oxygen atoms in total. The summed E-state index contributed by atoms with van der Waals surface area (Å²) in [7, 11) is 3.48. The van der Waals surface area contributed by atoms with Crippen LogP contribution in [0.5, 0.6) is 5.88 Å². The van der Waals surface area contributed by atoms with Crippen LogP contribution in [-0.4, -0.2) is 33.4 Å². The monoisotopic (exact) mass is 248 g/mol. The van der Waals surface area contributed by atoms with Crippen molar-refractivity contribution in [3.63, 3.8) is 0 Å². The number of nitrogen functional groups attached to an aromatic ring is 1. The molecule has 2 heterocycles. The minimum Gasteiger partial charge on any atom is -0.481 e. The van der Waals surface area contributed by atoms with Crippen molar-refractivity contribution in [2.24, 2.45) is 7.05 Å². The summed E-state index contributed by atoms with van der Waals surface area (Å²) in [5, 5.41) is 11.0. The lowest BCUT2D eigenvalue weighted by atomic mass is 10.3. The van der Waals surface area contributed by atoms with Crippen LogP contribution in [0, 0.1) is 0 Å². The van der Waals surface area contributed by atoms with Crippen LogP contribution in [0.4, 0.5) is 11.5 Å². The molecular formula is C11H16N6O. The van der Waals surface area contributed by atoms with Gasteiger partial charge in [0.25, 0.3) is 0 Å². The molecule has 96 valence electrons. The molecule has 0 atom stereocenters. The molecule has 0 aliphatic heterocycles. The summed E-state index contributed by atoms with van der Waals surface area (Å²) in [5.74, 6) is 2.06. The molecule has 0 unspecified atom stereocenters. The summed E-state index contributed by atoms with van der Waals surface area (Å²) in [5.41, 5.74) is 6.41. The third-order valence-electron chi connectivity index (χ3n) is 2.56. The van der Waals surface area contributed by atoms with E-state index in [9.17, 15) is 0 Å². The first-order valence-corrected chi connectivity index (χ1v) is 5.58. The lowest BCUT2D eigenvalue weighted by Gasteiger charge is -2.09. The highest BCUT2D eigenvalue weighted by Gasteiger charge is 2.04. The fourth-order valence-corrected chi connectivity index (χ4v) is 1.53. The number of rotatable bonds is 5. The fraction of sp³-hybridized carbons (Fsp3) is 0.364. The second kappa shape index (κ2) is 5.35. The summed E-state index contributed by atoms with van der Waals surface area (Å²) in [6, 6.07) is 3.49. The lowest BCUT2D eigenvalue weighted by Crippen LogP contribution is -2.11. The van der Waals surface area contributed by atoms with Gasteiger partial charge in [-0.05, 0) is 6.07 Å². The second-order valence-electron chi connectivity index (χ2n) is 3.83. The number of pyridine rings is 1. The average Bonchev–Trinajstić information content (AvgIpc) is 2.77. The van der Waals surface area contributed by atoms with Crippen LogP contribution >= 0.6 is 0 Å². The Labute approximate surface area is 105 Å². The topological polar surface area (TPSA) is 90.9 Å². The van der Waals surface area contributed by atoms with E-state index in [1.54, 1.807) is 25.6 Å². The van der Waals surface area contributed by atoms with Crippen LogP contribution in [0.15, 0.2) is 18.5 Å². The van der Waals surface area contributed by atoms with Crippen LogP contribution in [0.2, 0.25) is 0 Å². The van der Waals surface area contributed by atoms with E-state index >= 15 is 0 Å². The number of hydrogen-bond acceptors (Lipinski definition) is 6. The lowest BCUT2D eigenvalue weighted by molar-refractivity contribution is 0.398. The van der Waals surface area contributed by atoms with E-state index in [4.69, 9.17) is 10.5 Å². The van der Waals surface area contributed by atoms with Gasteiger partial charge in [-0.2, -0.15) is 4.98 Å². The Morgan fingerprint density at radius 1 is 1.44 bits per heavy atom. The third kappa shape index (κ3) is 2.68. The molecule has 0 bridgehead atoms. The Hall–Kier alpha value is -2.31. The van der Waals surface area contributed by atoms with Gasteiger partial charge < -0.3 is 20.4 Å². The first-order valence-electron chi connectivity index (χ1n) is 5.58. The van der Waals surface area contributed by atoms with Crippen LogP contribution in [-0.2, 0) is 13.5 Å². The van der Waals surface area contributed by atoms with Crippen molar-refractivity contribution < 1.29 is 4.74 Å². The number of nitrogens with two attached hydrogens (primary N) is 1. The molecule has 0 aliphatic carbocycles. The molecule has 0 aromatic carbocycles. The number of aryl methyl sites for hydroxylation is 1. The minimum absolute atomic E-state index is 0.533. The molecule has 0 saturated carbocycles. The molecule has 2 aromatic heterocycles. The van der Waals surface area contributed by atoms with Gasteiger partial charge in [0.15, 0.2) is 5.82 Å². The van der Waals surface area contributed by atoms with Crippen LogP contribution < -0.4 is 15.8 Å².